The van der Waals surface area contributed by atoms with Gasteiger partial charge >= 0.3 is 0 Å². The molecule has 2 rings (SSSR count). The van der Waals surface area contributed by atoms with Crippen molar-refractivity contribution in [2.45, 2.75) is 26.0 Å². The van der Waals surface area contributed by atoms with Crippen LogP contribution < -0.4 is 5.32 Å². The number of hydrogen-bond donors (Lipinski definition) is 1. The Kier molecular flexibility index (Phi) is 6.82. The van der Waals surface area contributed by atoms with Crippen molar-refractivity contribution in [3.05, 3.63) is 63.1 Å². The van der Waals surface area contributed by atoms with Crippen LogP contribution in [-0.4, -0.2) is 11.7 Å². The van der Waals surface area contributed by atoms with Gasteiger partial charge in [0.2, 0.25) is 5.91 Å². The van der Waals surface area contributed by atoms with Gasteiger partial charge in [0.05, 0.1) is 5.75 Å². The quantitative estimate of drug-likeness (QED) is 0.705. The molecule has 2 aromatic carbocycles. The Labute approximate surface area is 151 Å². The van der Waals surface area contributed by atoms with E-state index in [1.807, 2.05) is 37.3 Å². The zero-order chi connectivity index (χ0) is 16.8. The van der Waals surface area contributed by atoms with Gasteiger partial charge in [-0.1, -0.05) is 54.4 Å². The first-order chi connectivity index (χ1) is 11.0. The fourth-order valence-electron chi connectivity index (χ4n) is 2.27. The number of carbonyl (C=O) groups is 1. The van der Waals surface area contributed by atoms with Crippen molar-refractivity contribution in [2.24, 2.45) is 0 Å². The third-order valence-corrected chi connectivity index (χ3v) is 5.08. The molecule has 0 aromatic heterocycles. The van der Waals surface area contributed by atoms with Gasteiger partial charge in [-0.05, 0) is 42.2 Å². The van der Waals surface area contributed by atoms with Crippen LogP contribution in [0.2, 0.25) is 10.0 Å². The number of para-hydroxylation sites is 1. The maximum atomic E-state index is 12.2. The van der Waals surface area contributed by atoms with E-state index in [0.29, 0.717) is 21.6 Å². The molecule has 2 nitrogen and oxygen atoms in total. The Hall–Kier alpha value is -1.16. The number of hydrogen-bond acceptors (Lipinski definition) is 2. The van der Waals surface area contributed by atoms with Crippen LogP contribution in [0.3, 0.4) is 0 Å². The van der Waals surface area contributed by atoms with Crippen LogP contribution in [0.15, 0.2) is 36.4 Å². The van der Waals surface area contributed by atoms with E-state index in [2.05, 4.69) is 12.2 Å². The summed E-state index contributed by atoms with van der Waals surface area (Å²) >= 11 is 13.5. The van der Waals surface area contributed by atoms with Crippen LogP contribution in [0.25, 0.3) is 0 Å². The largest absolute Gasteiger partial charge is 0.325 e. The van der Waals surface area contributed by atoms with Gasteiger partial charge in [0.15, 0.2) is 0 Å². The van der Waals surface area contributed by atoms with E-state index in [9.17, 15) is 4.79 Å². The van der Waals surface area contributed by atoms with E-state index >= 15 is 0 Å². The molecule has 0 fully saturated rings. The van der Waals surface area contributed by atoms with Crippen LogP contribution in [0, 0.1) is 6.92 Å². The lowest BCUT2D eigenvalue weighted by molar-refractivity contribution is -0.113. The number of anilines is 1. The highest BCUT2D eigenvalue weighted by Gasteiger charge is 2.09. The Morgan fingerprint density at radius 3 is 2.65 bits per heavy atom. The number of aryl methyl sites for hydroxylation is 2. The van der Waals surface area contributed by atoms with Gasteiger partial charge in [0.1, 0.15) is 0 Å². The van der Waals surface area contributed by atoms with Crippen LogP contribution in [0.4, 0.5) is 5.69 Å². The Morgan fingerprint density at radius 1 is 1.17 bits per heavy atom. The molecule has 0 heterocycles. The third-order valence-electron chi connectivity index (χ3n) is 3.51. The van der Waals surface area contributed by atoms with Crippen molar-refractivity contribution in [3.63, 3.8) is 0 Å². The highest BCUT2D eigenvalue weighted by atomic mass is 35.5. The van der Waals surface area contributed by atoms with Gasteiger partial charge in [-0.2, -0.15) is 0 Å². The molecule has 0 bridgehead atoms. The summed E-state index contributed by atoms with van der Waals surface area (Å²) in [6.07, 6.45) is 0.894. The molecule has 1 N–H and O–H groups in total. The van der Waals surface area contributed by atoms with E-state index in [4.69, 9.17) is 23.2 Å². The molecule has 0 unspecified atom stereocenters. The molecule has 0 aliphatic carbocycles. The average molecular weight is 368 g/mol. The predicted octanol–water partition coefficient (Wildman–Crippen LogP) is 5.74. The lowest BCUT2D eigenvalue weighted by Gasteiger charge is -2.13. The van der Waals surface area contributed by atoms with E-state index in [0.717, 1.165) is 28.8 Å². The van der Waals surface area contributed by atoms with Crippen molar-refractivity contribution in [1.29, 1.82) is 0 Å². The van der Waals surface area contributed by atoms with Gasteiger partial charge in [0.25, 0.3) is 0 Å². The summed E-state index contributed by atoms with van der Waals surface area (Å²) in [5.41, 5.74) is 4.16. The molecule has 0 spiro atoms. The molecule has 23 heavy (non-hydrogen) atoms. The van der Waals surface area contributed by atoms with Crippen LogP contribution >= 0.6 is 35.0 Å². The van der Waals surface area contributed by atoms with Crippen molar-refractivity contribution in [2.75, 3.05) is 11.1 Å². The summed E-state index contributed by atoms with van der Waals surface area (Å²) in [4.78, 5) is 12.2. The summed E-state index contributed by atoms with van der Waals surface area (Å²) in [7, 11) is 0. The van der Waals surface area contributed by atoms with Crippen molar-refractivity contribution >= 4 is 46.6 Å². The lowest BCUT2D eigenvalue weighted by atomic mass is 10.1. The van der Waals surface area contributed by atoms with E-state index in [1.165, 1.54) is 11.8 Å². The number of rotatable bonds is 6. The highest BCUT2D eigenvalue weighted by molar-refractivity contribution is 7.99. The summed E-state index contributed by atoms with van der Waals surface area (Å²) in [5, 5.41) is 4.28. The number of amides is 1. The normalized spacial score (nSPS) is 10.6. The summed E-state index contributed by atoms with van der Waals surface area (Å²) < 4.78 is 0. The second-order valence-corrected chi connectivity index (χ2v) is 7.07. The minimum Gasteiger partial charge on any atom is -0.325 e. The van der Waals surface area contributed by atoms with Crippen LogP contribution in [-0.2, 0) is 17.0 Å². The molecule has 0 aliphatic rings. The standard InChI is InChI=1S/C18H19Cl2NOS/c1-3-13-6-4-5-12(2)18(13)21-17(22)11-23-10-14-7-8-15(19)9-16(14)20/h4-9H,3,10-11H2,1-2H3,(H,21,22). The third kappa shape index (κ3) is 5.17. The first-order valence-corrected chi connectivity index (χ1v) is 9.32. The molecule has 0 radical (unpaired) electrons. The van der Waals surface area contributed by atoms with Crippen LogP contribution in [0.1, 0.15) is 23.6 Å². The monoisotopic (exact) mass is 367 g/mol. The molecule has 122 valence electrons. The highest BCUT2D eigenvalue weighted by Crippen LogP contribution is 2.25. The van der Waals surface area contributed by atoms with E-state index in [1.54, 1.807) is 6.07 Å². The summed E-state index contributed by atoms with van der Waals surface area (Å²) in [6.45, 7) is 4.09. The van der Waals surface area contributed by atoms with Gasteiger partial charge in [-0.15, -0.1) is 11.8 Å². The minimum absolute atomic E-state index is 0.00378. The predicted molar refractivity (Wildman–Crippen MR) is 102 cm³/mol. The van der Waals surface area contributed by atoms with Crippen molar-refractivity contribution < 1.29 is 4.79 Å². The zero-order valence-corrected chi connectivity index (χ0v) is 15.5. The second kappa shape index (κ2) is 8.62. The molecule has 0 saturated heterocycles. The Bertz CT molecular complexity index is 703. The molecular formula is C18H19Cl2NOS. The topological polar surface area (TPSA) is 29.1 Å². The molecule has 5 heteroatoms. The molecule has 0 saturated carbocycles. The number of nitrogens with one attached hydrogen (secondary N) is 1. The number of thioether (sulfide) groups is 1. The maximum absolute atomic E-state index is 12.2. The van der Waals surface area contributed by atoms with Gasteiger partial charge < -0.3 is 5.32 Å². The fraction of sp³-hybridized carbons (Fsp3) is 0.278. The Morgan fingerprint density at radius 2 is 1.96 bits per heavy atom. The zero-order valence-electron chi connectivity index (χ0n) is 13.2. The van der Waals surface area contributed by atoms with Gasteiger partial charge in [-0.25, -0.2) is 0 Å². The SMILES string of the molecule is CCc1cccc(C)c1NC(=O)CSCc1ccc(Cl)cc1Cl. The molecule has 0 atom stereocenters. The van der Waals surface area contributed by atoms with Crippen molar-refractivity contribution in [1.82, 2.24) is 0 Å². The van der Waals surface area contributed by atoms with E-state index in [-0.39, 0.29) is 5.91 Å². The second-order valence-electron chi connectivity index (χ2n) is 5.24. The first-order valence-electron chi connectivity index (χ1n) is 7.41. The van der Waals surface area contributed by atoms with Gasteiger partial charge in [-0.3, -0.25) is 4.79 Å². The average Bonchev–Trinajstić information content (AvgIpc) is 2.51. The molecule has 0 aliphatic heterocycles. The Balaban J connectivity index is 1.91. The number of halogens is 2. The number of carbonyl (C=O) groups excluding carboxylic acids is 1. The minimum atomic E-state index is 0.00378. The maximum Gasteiger partial charge on any atom is 0.234 e. The van der Waals surface area contributed by atoms with Crippen molar-refractivity contribution in [3.8, 4) is 0 Å². The fourth-order valence-corrected chi connectivity index (χ4v) is 3.66. The lowest BCUT2D eigenvalue weighted by Crippen LogP contribution is -2.16. The molecule has 2 aromatic rings. The van der Waals surface area contributed by atoms with Crippen LogP contribution in [0.5, 0.6) is 0 Å². The molecule has 1 amide bonds. The molecular weight excluding hydrogens is 349 g/mol. The summed E-state index contributed by atoms with van der Waals surface area (Å²) in [6, 6.07) is 11.5. The van der Waals surface area contributed by atoms with Gasteiger partial charge in [0, 0.05) is 21.5 Å². The number of benzene rings is 2. The smallest absolute Gasteiger partial charge is 0.234 e. The first kappa shape index (κ1) is 18.2. The van der Waals surface area contributed by atoms with E-state index < -0.39 is 0 Å². The summed E-state index contributed by atoms with van der Waals surface area (Å²) in [5.74, 6) is 1.07.